The van der Waals surface area contributed by atoms with Gasteiger partial charge in [0.25, 0.3) is 5.91 Å². The maximum atomic E-state index is 12.5. The summed E-state index contributed by atoms with van der Waals surface area (Å²) in [5.41, 5.74) is 4.60. The van der Waals surface area contributed by atoms with Crippen molar-refractivity contribution in [2.75, 3.05) is 23.8 Å². The highest BCUT2D eigenvalue weighted by atomic mass is 79.9. The number of pyridine rings is 1. The highest BCUT2D eigenvalue weighted by Gasteiger charge is 2.10. The van der Waals surface area contributed by atoms with Crippen LogP contribution in [0.25, 0.3) is 0 Å². The number of nitrogens with zero attached hydrogens (tertiary/aromatic N) is 2. The molecule has 0 spiro atoms. The number of halogens is 1. The van der Waals surface area contributed by atoms with Crippen LogP contribution in [0.2, 0.25) is 0 Å². The molecule has 0 saturated carbocycles. The number of carbonyl (C=O) groups is 1. The lowest BCUT2D eigenvalue weighted by Crippen LogP contribution is -2.21. The molecule has 1 aromatic heterocycles. The summed E-state index contributed by atoms with van der Waals surface area (Å²) in [6.45, 7) is 1.34. The molecule has 0 bridgehead atoms. The summed E-state index contributed by atoms with van der Waals surface area (Å²) >= 11 is 3.58. The van der Waals surface area contributed by atoms with Crippen molar-refractivity contribution in [3.05, 3.63) is 118 Å². The fourth-order valence-electron chi connectivity index (χ4n) is 3.54. The van der Waals surface area contributed by atoms with Crippen LogP contribution in [0.4, 0.5) is 11.4 Å². The third-order valence-electron chi connectivity index (χ3n) is 5.47. The van der Waals surface area contributed by atoms with Gasteiger partial charge in [0.1, 0.15) is 12.4 Å². The Morgan fingerprint density at radius 2 is 1.79 bits per heavy atom. The fraction of sp³-hybridized carbons (Fsp3) is 0.143. The van der Waals surface area contributed by atoms with Gasteiger partial charge >= 0.3 is 0 Å². The zero-order chi connectivity index (χ0) is 23.8. The van der Waals surface area contributed by atoms with Crippen LogP contribution in [0.5, 0.6) is 5.75 Å². The van der Waals surface area contributed by atoms with Crippen molar-refractivity contribution >= 4 is 33.2 Å². The van der Waals surface area contributed by atoms with E-state index in [0.717, 1.165) is 40.0 Å². The van der Waals surface area contributed by atoms with Crippen molar-refractivity contribution in [2.24, 2.45) is 0 Å². The number of benzene rings is 3. The number of hydrogen-bond acceptors (Lipinski definition) is 4. The molecule has 0 saturated heterocycles. The Hall–Kier alpha value is -3.64. The van der Waals surface area contributed by atoms with E-state index < -0.39 is 0 Å². The van der Waals surface area contributed by atoms with Crippen LogP contribution in [-0.2, 0) is 13.0 Å². The maximum Gasteiger partial charge on any atom is 0.255 e. The summed E-state index contributed by atoms with van der Waals surface area (Å²) in [4.78, 5) is 18.7. The Labute approximate surface area is 208 Å². The second-order valence-electron chi connectivity index (χ2n) is 7.94. The van der Waals surface area contributed by atoms with Gasteiger partial charge in [0.2, 0.25) is 0 Å². The maximum absolute atomic E-state index is 12.5. The lowest BCUT2D eigenvalue weighted by Gasteiger charge is -2.21. The highest BCUT2D eigenvalue weighted by Crippen LogP contribution is 2.25. The first-order valence-electron chi connectivity index (χ1n) is 11.1. The predicted molar refractivity (Wildman–Crippen MR) is 141 cm³/mol. The van der Waals surface area contributed by atoms with E-state index in [2.05, 4.69) is 49.3 Å². The van der Waals surface area contributed by atoms with Crippen LogP contribution < -0.4 is 15.0 Å². The molecule has 4 rings (SSSR count). The molecule has 0 radical (unpaired) electrons. The van der Waals surface area contributed by atoms with Crippen LogP contribution in [0, 0.1) is 0 Å². The van der Waals surface area contributed by atoms with E-state index in [0.29, 0.717) is 17.9 Å². The van der Waals surface area contributed by atoms with Crippen molar-refractivity contribution in [1.29, 1.82) is 0 Å². The summed E-state index contributed by atoms with van der Waals surface area (Å²) in [5.74, 6) is 0.736. The molecule has 1 heterocycles. The standard InChI is InChI=1S/C28H26BrN3O2/c1-32(26-12-9-22(10-13-26)28(33)31-25-8-5-16-30-19-25)17-15-23-18-24(29)11-14-27(23)34-20-21-6-3-2-4-7-21/h2-14,16,18-19H,15,17,20H2,1H3,(H,31,33). The Morgan fingerprint density at radius 3 is 2.53 bits per heavy atom. The zero-order valence-electron chi connectivity index (χ0n) is 18.9. The van der Waals surface area contributed by atoms with Crippen LogP contribution in [0.1, 0.15) is 21.5 Å². The van der Waals surface area contributed by atoms with Crippen molar-refractivity contribution in [2.45, 2.75) is 13.0 Å². The molecule has 5 nitrogen and oxygen atoms in total. The van der Waals surface area contributed by atoms with E-state index >= 15 is 0 Å². The Kier molecular flexibility index (Phi) is 7.94. The van der Waals surface area contributed by atoms with Crippen molar-refractivity contribution in [3.8, 4) is 5.75 Å². The van der Waals surface area contributed by atoms with Gasteiger partial charge in [-0.2, -0.15) is 0 Å². The van der Waals surface area contributed by atoms with E-state index in [4.69, 9.17) is 4.74 Å². The molecule has 0 atom stereocenters. The number of anilines is 2. The molecule has 1 amide bonds. The SMILES string of the molecule is CN(CCc1cc(Br)ccc1OCc1ccccc1)c1ccc(C(=O)Nc2cccnc2)cc1. The van der Waals surface area contributed by atoms with E-state index in [1.807, 2.05) is 67.7 Å². The average Bonchev–Trinajstić information content (AvgIpc) is 2.88. The summed E-state index contributed by atoms with van der Waals surface area (Å²) in [5, 5.41) is 2.86. The van der Waals surface area contributed by atoms with Gasteiger partial charge in [-0.05, 0) is 72.1 Å². The number of aromatic nitrogens is 1. The summed E-state index contributed by atoms with van der Waals surface area (Å²) in [6, 6.07) is 27.5. The van der Waals surface area contributed by atoms with Gasteiger partial charge in [0.15, 0.2) is 0 Å². The Bertz CT molecular complexity index is 1220. The first-order chi connectivity index (χ1) is 16.6. The number of rotatable bonds is 9. The molecule has 6 heteroatoms. The van der Waals surface area contributed by atoms with Gasteiger partial charge in [-0.25, -0.2) is 0 Å². The van der Waals surface area contributed by atoms with Crippen molar-refractivity contribution in [1.82, 2.24) is 4.98 Å². The summed E-state index contributed by atoms with van der Waals surface area (Å²) in [6.07, 6.45) is 4.12. The lowest BCUT2D eigenvalue weighted by atomic mass is 10.1. The first-order valence-corrected chi connectivity index (χ1v) is 11.9. The topological polar surface area (TPSA) is 54.5 Å². The van der Waals surface area contributed by atoms with Crippen LogP contribution >= 0.6 is 15.9 Å². The van der Waals surface area contributed by atoms with Gasteiger partial charge in [-0.15, -0.1) is 0 Å². The van der Waals surface area contributed by atoms with Gasteiger partial charge in [0, 0.05) is 35.5 Å². The summed E-state index contributed by atoms with van der Waals surface area (Å²) in [7, 11) is 2.05. The van der Waals surface area contributed by atoms with Crippen molar-refractivity contribution in [3.63, 3.8) is 0 Å². The first kappa shape index (κ1) is 23.5. The monoisotopic (exact) mass is 515 g/mol. The molecule has 34 heavy (non-hydrogen) atoms. The smallest absolute Gasteiger partial charge is 0.255 e. The van der Waals surface area contributed by atoms with Gasteiger partial charge in [-0.1, -0.05) is 46.3 Å². The molecule has 0 unspecified atom stereocenters. The third-order valence-corrected chi connectivity index (χ3v) is 5.96. The second kappa shape index (κ2) is 11.5. The quantitative estimate of drug-likeness (QED) is 0.282. The average molecular weight is 516 g/mol. The molecular formula is C28H26BrN3O2. The Morgan fingerprint density at radius 1 is 1.00 bits per heavy atom. The summed E-state index contributed by atoms with van der Waals surface area (Å²) < 4.78 is 7.15. The minimum atomic E-state index is -0.156. The molecule has 0 aliphatic heterocycles. The van der Waals surface area contributed by atoms with E-state index in [-0.39, 0.29) is 5.91 Å². The van der Waals surface area contributed by atoms with Crippen LogP contribution in [0.15, 0.2) is 102 Å². The van der Waals surface area contributed by atoms with E-state index in [9.17, 15) is 4.79 Å². The second-order valence-corrected chi connectivity index (χ2v) is 8.86. The third kappa shape index (κ3) is 6.45. The normalized spacial score (nSPS) is 10.5. The zero-order valence-corrected chi connectivity index (χ0v) is 20.5. The Balaban J connectivity index is 1.36. The molecule has 0 aliphatic carbocycles. The molecule has 172 valence electrons. The predicted octanol–water partition coefficient (Wildman–Crippen LogP) is 6.35. The highest BCUT2D eigenvalue weighted by molar-refractivity contribution is 9.10. The van der Waals surface area contributed by atoms with Crippen LogP contribution in [-0.4, -0.2) is 24.5 Å². The molecule has 0 fully saturated rings. The molecule has 1 N–H and O–H groups in total. The molecular weight excluding hydrogens is 490 g/mol. The lowest BCUT2D eigenvalue weighted by molar-refractivity contribution is 0.102. The molecule has 0 aliphatic rings. The molecule has 4 aromatic rings. The van der Waals surface area contributed by atoms with Crippen molar-refractivity contribution < 1.29 is 9.53 Å². The number of ether oxygens (including phenoxy) is 1. The minimum Gasteiger partial charge on any atom is -0.489 e. The number of likely N-dealkylation sites (N-methyl/N-ethyl adjacent to an activating group) is 1. The fourth-order valence-corrected chi connectivity index (χ4v) is 3.95. The molecule has 3 aromatic carbocycles. The van der Waals surface area contributed by atoms with Crippen LogP contribution in [0.3, 0.4) is 0 Å². The number of amides is 1. The van der Waals surface area contributed by atoms with Gasteiger partial charge in [0.05, 0.1) is 11.9 Å². The van der Waals surface area contributed by atoms with E-state index in [1.165, 1.54) is 0 Å². The number of carbonyl (C=O) groups excluding carboxylic acids is 1. The van der Waals surface area contributed by atoms with Gasteiger partial charge < -0.3 is 15.0 Å². The number of nitrogens with one attached hydrogen (secondary N) is 1. The van der Waals surface area contributed by atoms with E-state index in [1.54, 1.807) is 18.5 Å². The number of hydrogen-bond donors (Lipinski definition) is 1. The minimum absolute atomic E-state index is 0.156. The largest absolute Gasteiger partial charge is 0.489 e. The van der Waals surface area contributed by atoms with Gasteiger partial charge in [-0.3, -0.25) is 9.78 Å².